The molecule has 3 aromatic carbocycles. The van der Waals surface area contributed by atoms with Crippen molar-refractivity contribution in [3.05, 3.63) is 99.9 Å². The van der Waals surface area contributed by atoms with E-state index in [1.54, 1.807) is 36.4 Å². The number of nitrogens with two attached hydrogens (primary N) is 1. The molecule has 0 bridgehead atoms. The fraction of sp³-hybridized carbons (Fsp3) is 0.226. The molecule has 1 atom stereocenters. The molecule has 0 amide bonds. The SMILES string of the molecule is CCCCOc1ccc(C2C(C#N)=C(N)Oc3cc(OC(=O)/C=C/c4ccccc4Cl)ccc32)cc1OCC. The molecule has 0 saturated heterocycles. The van der Waals surface area contributed by atoms with Crippen LogP contribution in [0.2, 0.25) is 5.02 Å². The Labute approximate surface area is 233 Å². The number of esters is 1. The molecule has 2 N–H and O–H groups in total. The Morgan fingerprint density at radius 1 is 1.10 bits per heavy atom. The molecule has 1 unspecified atom stereocenters. The molecule has 0 aliphatic carbocycles. The molecule has 0 radical (unpaired) electrons. The van der Waals surface area contributed by atoms with E-state index in [-0.39, 0.29) is 17.2 Å². The Hall–Kier alpha value is -4.41. The molecule has 7 nitrogen and oxygen atoms in total. The van der Waals surface area contributed by atoms with Crippen molar-refractivity contribution in [3.8, 4) is 29.1 Å². The number of hydrogen-bond donors (Lipinski definition) is 1. The largest absolute Gasteiger partial charge is 0.490 e. The maximum atomic E-state index is 12.4. The number of benzene rings is 3. The fourth-order valence-electron chi connectivity index (χ4n) is 4.18. The van der Waals surface area contributed by atoms with Crippen LogP contribution in [0.25, 0.3) is 6.08 Å². The molecule has 8 heteroatoms. The van der Waals surface area contributed by atoms with Gasteiger partial charge in [0.25, 0.3) is 0 Å². The van der Waals surface area contributed by atoms with Crippen LogP contribution in [-0.4, -0.2) is 19.2 Å². The Kier molecular flexibility index (Phi) is 9.14. The molecule has 3 aromatic rings. The van der Waals surface area contributed by atoms with Crippen LogP contribution >= 0.6 is 11.6 Å². The van der Waals surface area contributed by atoms with E-state index in [0.717, 1.165) is 18.4 Å². The molecule has 0 spiro atoms. The van der Waals surface area contributed by atoms with Gasteiger partial charge in [0.2, 0.25) is 5.88 Å². The number of nitrogens with zero attached hydrogens (tertiary/aromatic N) is 1. The third-order valence-corrected chi connectivity index (χ3v) is 6.41. The Morgan fingerprint density at radius 2 is 1.92 bits per heavy atom. The van der Waals surface area contributed by atoms with Crippen molar-refractivity contribution in [2.75, 3.05) is 13.2 Å². The van der Waals surface area contributed by atoms with Gasteiger partial charge in [-0.25, -0.2) is 4.79 Å². The van der Waals surface area contributed by atoms with Gasteiger partial charge in [0, 0.05) is 22.7 Å². The molecule has 0 fully saturated rings. The topological polar surface area (TPSA) is 104 Å². The average molecular weight is 545 g/mol. The Morgan fingerprint density at radius 3 is 2.67 bits per heavy atom. The molecule has 1 heterocycles. The second kappa shape index (κ2) is 12.9. The second-order valence-corrected chi connectivity index (χ2v) is 9.15. The van der Waals surface area contributed by atoms with Crippen molar-refractivity contribution in [3.63, 3.8) is 0 Å². The fourth-order valence-corrected chi connectivity index (χ4v) is 4.38. The van der Waals surface area contributed by atoms with Crippen molar-refractivity contribution in [2.24, 2.45) is 5.73 Å². The highest BCUT2D eigenvalue weighted by molar-refractivity contribution is 6.32. The minimum atomic E-state index is -0.580. The van der Waals surface area contributed by atoms with Gasteiger partial charge >= 0.3 is 5.97 Å². The molecule has 0 saturated carbocycles. The highest BCUT2D eigenvalue weighted by Crippen LogP contribution is 2.45. The van der Waals surface area contributed by atoms with Crippen molar-refractivity contribution in [2.45, 2.75) is 32.6 Å². The van der Waals surface area contributed by atoms with Crippen molar-refractivity contribution in [1.29, 1.82) is 5.26 Å². The minimum absolute atomic E-state index is 0.0154. The summed E-state index contributed by atoms with van der Waals surface area (Å²) in [5.74, 6) is 0.784. The lowest BCUT2D eigenvalue weighted by atomic mass is 9.83. The van der Waals surface area contributed by atoms with E-state index in [0.29, 0.717) is 46.6 Å². The van der Waals surface area contributed by atoms with Crippen LogP contribution < -0.4 is 24.7 Å². The number of nitriles is 1. The van der Waals surface area contributed by atoms with Gasteiger partial charge in [-0.3, -0.25) is 0 Å². The normalized spacial score (nSPS) is 14.4. The number of carbonyl (C=O) groups is 1. The zero-order valence-electron chi connectivity index (χ0n) is 21.8. The number of carbonyl (C=O) groups excluding carboxylic acids is 1. The summed E-state index contributed by atoms with van der Waals surface area (Å²) in [5.41, 5.74) is 8.63. The maximum Gasteiger partial charge on any atom is 0.336 e. The number of fused-ring (bicyclic) bond motifs is 1. The van der Waals surface area contributed by atoms with Crippen molar-refractivity contribution < 1.29 is 23.7 Å². The van der Waals surface area contributed by atoms with E-state index in [1.807, 2.05) is 37.3 Å². The summed E-state index contributed by atoms with van der Waals surface area (Å²) < 4.78 is 23.0. The maximum absolute atomic E-state index is 12.4. The molecule has 1 aliphatic rings. The summed E-state index contributed by atoms with van der Waals surface area (Å²) in [5, 5.41) is 10.5. The third kappa shape index (κ3) is 6.54. The molecule has 4 rings (SSSR count). The van der Waals surface area contributed by atoms with Crippen LogP contribution in [0.5, 0.6) is 23.0 Å². The van der Waals surface area contributed by atoms with E-state index in [1.165, 1.54) is 6.08 Å². The molecular formula is C31H29ClN2O5. The zero-order chi connectivity index (χ0) is 27.8. The average Bonchev–Trinajstić information content (AvgIpc) is 2.93. The van der Waals surface area contributed by atoms with Gasteiger partial charge in [-0.1, -0.05) is 55.3 Å². The summed E-state index contributed by atoms with van der Waals surface area (Å²) >= 11 is 6.14. The van der Waals surface area contributed by atoms with Crippen LogP contribution in [0.4, 0.5) is 0 Å². The van der Waals surface area contributed by atoms with E-state index in [2.05, 4.69) is 13.0 Å². The quantitative estimate of drug-likeness (QED) is 0.130. The smallest absolute Gasteiger partial charge is 0.336 e. The first-order valence-corrected chi connectivity index (χ1v) is 13.1. The third-order valence-electron chi connectivity index (χ3n) is 6.07. The van der Waals surface area contributed by atoms with Gasteiger partial charge in [0.05, 0.1) is 19.1 Å². The van der Waals surface area contributed by atoms with Gasteiger partial charge in [-0.05, 0) is 54.8 Å². The first-order valence-electron chi connectivity index (χ1n) is 12.7. The summed E-state index contributed by atoms with van der Waals surface area (Å²) in [4.78, 5) is 12.4. The van der Waals surface area contributed by atoms with Gasteiger partial charge < -0.3 is 24.7 Å². The number of halogens is 1. The Bertz CT molecular complexity index is 1460. The number of rotatable bonds is 10. The lowest BCUT2D eigenvalue weighted by Gasteiger charge is -2.27. The predicted molar refractivity (Wildman–Crippen MR) is 150 cm³/mol. The summed E-state index contributed by atoms with van der Waals surface area (Å²) in [6.07, 6.45) is 4.83. The van der Waals surface area contributed by atoms with Crippen LogP contribution in [0.15, 0.2) is 78.2 Å². The highest BCUT2D eigenvalue weighted by atomic mass is 35.5. The predicted octanol–water partition coefficient (Wildman–Crippen LogP) is 6.75. The van der Waals surface area contributed by atoms with Crippen LogP contribution in [0.1, 0.15) is 49.3 Å². The Balaban J connectivity index is 1.62. The zero-order valence-corrected chi connectivity index (χ0v) is 22.5. The van der Waals surface area contributed by atoms with Crippen LogP contribution in [-0.2, 0) is 4.79 Å². The standard InChI is InChI=1S/C31H29ClN2O5/c1-3-5-16-37-26-14-10-21(17-28(26)36-4-2)30-23-13-12-22(18-27(23)39-31(34)24(30)19-33)38-29(35)15-11-20-8-6-7-9-25(20)32/h6-15,17-18,30H,3-5,16,34H2,1-2H3/b15-11+. The summed E-state index contributed by atoms with van der Waals surface area (Å²) in [6.45, 7) is 5.04. The second-order valence-electron chi connectivity index (χ2n) is 8.74. The number of allylic oxidation sites excluding steroid dienone is 1. The van der Waals surface area contributed by atoms with Gasteiger partial charge in [0.1, 0.15) is 23.1 Å². The van der Waals surface area contributed by atoms with Gasteiger partial charge in [-0.2, -0.15) is 5.26 Å². The van der Waals surface area contributed by atoms with E-state index < -0.39 is 11.9 Å². The molecule has 200 valence electrons. The van der Waals surface area contributed by atoms with E-state index in [4.69, 9.17) is 36.3 Å². The summed E-state index contributed by atoms with van der Waals surface area (Å²) in [6, 6.07) is 19.9. The van der Waals surface area contributed by atoms with Gasteiger partial charge in [-0.15, -0.1) is 0 Å². The van der Waals surface area contributed by atoms with Crippen LogP contribution in [0, 0.1) is 11.3 Å². The number of ether oxygens (including phenoxy) is 4. The van der Waals surface area contributed by atoms with Crippen molar-refractivity contribution in [1.82, 2.24) is 0 Å². The van der Waals surface area contributed by atoms with Crippen molar-refractivity contribution >= 4 is 23.6 Å². The monoisotopic (exact) mass is 544 g/mol. The molecule has 0 aromatic heterocycles. The van der Waals surface area contributed by atoms with E-state index in [9.17, 15) is 10.1 Å². The lowest BCUT2D eigenvalue weighted by molar-refractivity contribution is -0.128. The molecular weight excluding hydrogens is 516 g/mol. The summed E-state index contributed by atoms with van der Waals surface area (Å²) in [7, 11) is 0. The lowest BCUT2D eigenvalue weighted by Crippen LogP contribution is -2.21. The minimum Gasteiger partial charge on any atom is -0.490 e. The first kappa shape index (κ1) is 27.6. The number of unbranched alkanes of at least 4 members (excludes halogenated alkanes) is 1. The first-order chi connectivity index (χ1) is 18.9. The van der Waals surface area contributed by atoms with Gasteiger partial charge in [0.15, 0.2) is 11.5 Å². The molecule has 1 aliphatic heterocycles. The highest BCUT2D eigenvalue weighted by Gasteiger charge is 2.31. The number of hydrogen-bond acceptors (Lipinski definition) is 7. The van der Waals surface area contributed by atoms with E-state index >= 15 is 0 Å². The molecule has 39 heavy (non-hydrogen) atoms. The van der Waals surface area contributed by atoms with Crippen LogP contribution in [0.3, 0.4) is 0 Å².